The smallest absolute Gasteiger partial charge is 0.272 e. The van der Waals surface area contributed by atoms with Crippen LogP contribution in [-0.2, 0) is 6.54 Å². The Kier molecular flexibility index (Phi) is 4.84. The zero-order chi connectivity index (χ0) is 16.9. The first-order chi connectivity index (χ1) is 11.6. The molecule has 124 valence electrons. The van der Waals surface area contributed by atoms with E-state index in [0.29, 0.717) is 11.1 Å². The van der Waals surface area contributed by atoms with E-state index in [1.807, 2.05) is 0 Å². The molecule has 0 unspecified atom stereocenters. The SMILES string of the molecule is O=C(NCc1ccccc1F)c1ccnc(C(=O)N2CCCC2)c1. The maximum atomic E-state index is 13.6. The summed E-state index contributed by atoms with van der Waals surface area (Å²) in [5.41, 5.74) is 1.01. The molecule has 5 nitrogen and oxygen atoms in total. The van der Waals surface area contributed by atoms with Gasteiger partial charge in [0.1, 0.15) is 11.5 Å². The van der Waals surface area contributed by atoms with Gasteiger partial charge in [0.25, 0.3) is 11.8 Å². The summed E-state index contributed by atoms with van der Waals surface area (Å²) in [6, 6.07) is 9.30. The highest BCUT2D eigenvalue weighted by atomic mass is 19.1. The van der Waals surface area contributed by atoms with Crippen molar-refractivity contribution >= 4 is 11.8 Å². The van der Waals surface area contributed by atoms with Crippen LogP contribution in [0.15, 0.2) is 42.6 Å². The van der Waals surface area contributed by atoms with Gasteiger partial charge in [0.2, 0.25) is 0 Å². The lowest BCUT2D eigenvalue weighted by Gasteiger charge is -2.14. The zero-order valence-corrected chi connectivity index (χ0v) is 13.2. The Morgan fingerprint density at radius 3 is 2.67 bits per heavy atom. The molecule has 2 aromatic rings. The number of nitrogens with one attached hydrogen (secondary N) is 1. The second-order valence-electron chi connectivity index (χ2n) is 5.70. The van der Waals surface area contributed by atoms with E-state index in [1.54, 1.807) is 23.1 Å². The van der Waals surface area contributed by atoms with Crippen LogP contribution in [0.2, 0.25) is 0 Å². The number of benzene rings is 1. The van der Waals surface area contributed by atoms with Crippen LogP contribution in [0.4, 0.5) is 4.39 Å². The number of hydrogen-bond donors (Lipinski definition) is 1. The molecule has 0 bridgehead atoms. The predicted octanol–water partition coefficient (Wildman–Crippen LogP) is 2.39. The van der Waals surface area contributed by atoms with E-state index in [9.17, 15) is 14.0 Å². The normalized spacial score (nSPS) is 13.8. The average molecular weight is 327 g/mol. The lowest BCUT2D eigenvalue weighted by atomic mass is 10.2. The number of rotatable bonds is 4. The van der Waals surface area contributed by atoms with Gasteiger partial charge in [0.15, 0.2) is 0 Å². The van der Waals surface area contributed by atoms with E-state index in [1.165, 1.54) is 24.4 Å². The molecule has 0 saturated carbocycles. The van der Waals surface area contributed by atoms with Gasteiger partial charge in [0.05, 0.1) is 0 Å². The van der Waals surface area contributed by atoms with Crippen LogP contribution in [0, 0.1) is 5.82 Å². The molecular weight excluding hydrogens is 309 g/mol. The Hall–Kier alpha value is -2.76. The first-order valence-electron chi connectivity index (χ1n) is 7.92. The average Bonchev–Trinajstić information content (AvgIpc) is 3.15. The third-order valence-electron chi connectivity index (χ3n) is 4.03. The van der Waals surface area contributed by atoms with Crippen molar-refractivity contribution in [2.45, 2.75) is 19.4 Å². The summed E-state index contributed by atoms with van der Waals surface area (Å²) in [6.45, 7) is 1.54. The number of halogens is 1. The highest BCUT2D eigenvalue weighted by Gasteiger charge is 2.21. The summed E-state index contributed by atoms with van der Waals surface area (Å²) in [5, 5.41) is 2.66. The van der Waals surface area contributed by atoms with Gasteiger partial charge >= 0.3 is 0 Å². The Labute approximate surface area is 139 Å². The molecule has 0 atom stereocenters. The largest absolute Gasteiger partial charge is 0.348 e. The molecule has 1 aromatic heterocycles. The van der Waals surface area contributed by atoms with Crippen molar-refractivity contribution in [2.75, 3.05) is 13.1 Å². The monoisotopic (exact) mass is 327 g/mol. The van der Waals surface area contributed by atoms with Crippen LogP contribution < -0.4 is 5.32 Å². The van der Waals surface area contributed by atoms with Crippen molar-refractivity contribution in [1.82, 2.24) is 15.2 Å². The standard InChI is InChI=1S/C18H18FN3O2/c19-15-6-2-1-5-14(15)12-21-17(23)13-7-8-20-16(11-13)18(24)22-9-3-4-10-22/h1-2,5-8,11H,3-4,9-10,12H2,(H,21,23). The van der Waals surface area contributed by atoms with Crippen LogP contribution in [0.5, 0.6) is 0 Å². The highest BCUT2D eigenvalue weighted by Crippen LogP contribution is 2.13. The Morgan fingerprint density at radius 2 is 1.92 bits per heavy atom. The molecule has 1 aliphatic heterocycles. The Morgan fingerprint density at radius 1 is 1.17 bits per heavy atom. The summed E-state index contributed by atoms with van der Waals surface area (Å²) >= 11 is 0. The summed E-state index contributed by atoms with van der Waals surface area (Å²) in [7, 11) is 0. The molecule has 0 radical (unpaired) electrons. The summed E-state index contributed by atoms with van der Waals surface area (Å²) in [6.07, 6.45) is 3.43. The fourth-order valence-corrected chi connectivity index (χ4v) is 2.69. The van der Waals surface area contributed by atoms with Crippen LogP contribution in [-0.4, -0.2) is 34.8 Å². The minimum atomic E-state index is -0.365. The number of carbonyl (C=O) groups excluding carboxylic acids is 2. The molecular formula is C18H18FN3O2. The van der Waals surface area contributed by atoms with Crippen molar-refractivity contribution in [2.24, 2.45) is 0 Å². The maximum Gasteiger partial charge on any atom is 0.272 e. The number of aromatic nitrogens is 1. The number of likely N-dealkylation sites (tertiary alicyclic amines) is 1. The fourth-order valence-electron chi connectivity index (χ4n) is 2.69. The first kappa shape index (κ1) is 16.1. The number of pyridine rings is 1. The van der Waals surface area contributed by atoms with E-state index >= 15 is 0 Å². The van der Waals surface area contributed by atoms with E-state index in [-0.39, 0.29) is 29.9 Å². The molecule has 6 heteroatoms. The number of hydrogen-bond acceptors (Lipinski definition) is 3. The van der Waals surface area contributed by atoms with Gasteiger partial charge in [-0.3, -0.25) is 14.6 Å². The summed E-state index contributed by atoms with van der Waals surface area (Å²) in [4.78, 5) is 30.4. The van der Waals surface area contributed by atoms with Crippen molar-refractivity contribution in [3.8, 4) is 0 Å². The lowest BCUT2D eigenvalue weighted by Crippen LogP contribution is -2.29. The maximum absolute atomic E-state index is 13.6. The van der Waals surface area contributed by atoms with Crippen LogP contribution >= 0.6 is 0 Å². The van der Waals surface area contributed by atoms with Gasteiger partial charge in [-0.1, -0.05) is 18.2 Å². The minimum Gasteiger partial charge on any atom is -0.348 e. The third-order valence-corrected chi connectivity index (χ3v) is 4.03. The van der Waals surface area contributed by atoms with Gasteiger partial charge in [-0.15, -0.1) is 0 Å². The van der Waals surface area contributed by atoms with Crippen LogP contribution in [0.25, 0.3) is 0 Å². The zero-order valence-electron chi connectivity index (χ0n) is 13.2. The number of amides is 2. The second-order valence-corrected chi connectivity index (χ2v) is 5.70. The molecule has 2 amide bonds. The molecule has 1 fully saturated rings. The quantitative estimate of drug-likeness (QED) is 0.938. The van der Waals surface area contributed by atoms with E-state index in [2.05, 4.69) is 10.3 Å². The predicted molar refractivity (Wildman–Crippen MR) is 86.9 cm³/mol. The van der Waals surface area contributed by atoms with Gasteiger partial charge < -0.3 is 10.2 Å². The van der Waals surface area contributed by atoms with E-state index in [4.69, 9.17) is 0 Å². The molecule has 1 saturated heterocycles. The van der Waals surface area contributed by atoms with Gasteiger partial charge in [0, 0.05) is 37.0 Å². The Bertz CT molecular complexity index is 757. The van der Waals surface area contributed by atoms with Crippen LogP contribution in [0.1, 0.15) is 39.3 Å². The fraction of sp³-hybridized carbons (Fsp3) is 0.278. The minimum absolute atomic E-state index is 0.0865. The molecule has 24 heavy (non-hydrogen) atoms. The topological polar surface area (TPSA) is 62.3 Å². The van der Waals surface area contributed by atoms with Gasteiger partial charge in [-0.05, 0) is 31.0 Å². The van der Waals surface area contributed by atoms with E-state index in [0.717, 1.165) is 25.9 Å². The molecule has 3 rings (SSSR count). The Balaban J connectivity index is 1.68. The van der Waals surface area contributed by atoms with Crippen molar-refractivity contribution in [3.05, 3.63) is 65.2 Å². The molecule has 1 aromatic carbocycles. The lowest BCUT2D eigenvalue weighted by molar-refractivity contribution is 0.0787. The van der Waals surface area contributed by atoms with Gasteiger partial charge in [-0.2, -0.15) is 0 Å². The van der Waals surface area contributed by atoms with E-state index < -0.39 is 0 Å². The summed E-state index contributed by atoms with van der Waals surface area (Å²) in [5.74, 6) is -0.884. The highest BCUT2D eigenvalue weighted by molar-refractivity contribution is 5.98. The molecule has 1 N–H and O–H groups in total. The number of nitrogens with zero attached hydrogens (tertiary/aromatic N) is 2. The first-order valence-corrected chi connectivity index (χ1v) is 7.92. The molecule has 0 spiro atoms. The molecule has 0 aliphatic carbocycles. The van der Waals surface area contributed by atoms with Crippen LogP contribution in [0.3, 0.4) is 0 Å². The van der Waals surface area contributed by atoms with Crippen molar-refractivity contribution in [1.29, 1.82) is 0 Å². The van der Waals surface area contributed by atoms with Crippen molar-refractivity contribution in [3.63, 3.8) is 0 Å². The summed E-state index contributed by atoms with van der Waals surface area (Å²) < 4.78 is 13.6. The van der Waals surface area contributed by atoms with Gasteiger partial charge in [-0.25, -0.2) is 4.39 Å². The third kappa shape index (κ3) is 3.59. The molecule has 1 aliphatic rings. The number of carbonyl (C=O) groups is 2. The molecule has 2 heterocycles. The second kappa shape index (κ2) is 7.21. The van der Waals surface area contributed by atoms with Crippen molar-refractivity contribution < 1.29 is 14.0 Å².